The Morgan fingerprint density at radius 1 is 1.52 bits per heavy atom. The van der Waals surface area contributed by atoms with E-state index in [4.69, 9.17) is 5.21 Å². The molecule has 0 saturated heterocycles. The van der Waals surface area contributed by atoms with Crippen molar-refractivity contribution < 1.29 is 19.5 Å². The minimum atomic E-state index is -3.57. The highest BCUT2D eigenvalue weighted by atomic mass is 31.2. The quantitative estimate of drug-likeness (QED) is 0.340. The third-order valence-corrected chi connectivity index (χ3v) is 5.44. The lowest BCUT2D eigenvalue weighted by atomic mass is 10.1. The van der Waals surface area contributed by atoms with E-state index in [2.05, 4.69) is 11.9 Å². The van der Waals surface area contributed by atoms with Crippen molar-refractivity contribution >= 4 is 13.3 Å². The zero-order valence-corrected chi connectivity index (χ0v) is 13.1. The van der Waals surface area contributed by atoms with Gasteiger partial charge in [0.1, 0.15) is 11.8 Å². The number of hydroxylamine groups is 2. The Hall–Kier alpha value is -1.46. The molecule has 0 aromatic heterocycles. The summed E-state index contributed by atoms with van der Waals surface area (Å²) >= 11 is 0. The van der Waals surface area contributed by atoms with E-state index in [1.54, 1.807) is 31.2 Å². The number of hydrogen-bond acceptors (Lipinski definition) is 3. The molecule has 2 unspecified atom stereocenters. The van der Waals surface area contributed by atoms with Gasteiger partial charge in [-0.05, 0) is 12.5 Å². The zero-order chi connectivity index (χ0) is 16.1. The topological polar surface area (TPSA) is 92.5 Å². The van der Waals surface area contributed by atoms with E-state index in [0.29, 0.717) is 5.56 Å². The highest BCUT2D eigenvalue weighted by Crippen LogP contribution is 2.55. The molecule has 0 radical (unpaired) electrons. The Bertz CT molecular complexity index is 543. The van der Waals surface area contributed by atoms with E-state index in [9.17, 15) is 14.3 Å². The molecule has 0 spiro atoms. The van der Waals surface area contributed by atoms with E-state index in [1.807, 2.05) is 6.07 Å². The van der Waals surface area contributed by atoms with Crippen molar-refractivity contribution in [2.75, 3.05) is 19.8 Å². The molecule has 1 rings (SSSR count). The summed E-state index contributed by atoms with van der Waals surface area (Å²) in [6, 6.07) is 8.79. The molecule has 2 atom stereocenters. The number of benzene rings is 1. The van der Waals surface area contributed by atoms with Gasteiger partial charge < -0.3 is 10.1 Å². The highest BCUT2D eigenvalue weighted by molar-refractivity contribution is 7.58. The van der Waals surface area contributed by atoms with Gasteiger partial charge >= 0.3 is 5.91 Å². The maximum Gasteiger partial charge on any atom is 0.300 e. The van der Waals surface area contributed by atoms with Crippen molar-refractivity contribution in [1.29, 1.82) is 0 Å². The lowest BCUT2D eigenvalue weighted by Crippen LogP contribution is -2.45. The molecule has 0 aliphatic heterocycles. The van der Waals surface area contributed by atoms with Crippen LogP contribution in [0.2, 0.25) is 0 Å². The number of amides is 1. The van der Waals surface area contributed by atoms with E-state index in [-0.39, 0.29) is 13.1 Å². The molecule has 1 aromatic carbocycles. The predicted molar refractivity (Wildman–Crippen MR) is 83.1 cm³/mol. The van der Waals surface area contributed by atoms with Gasteiger partial charge in [-0.25, -0.2) is 0 Å². The van der Waals surface area contributed by atoms with Crippen LogP contribution in [0.4, 0.5) is 0 Å². The van der Waals surface area contributed by atoms with Gasteiger partial charge in [0.25, 0.3) is 0 Å². The minimum Gasteiger partial charge on any atom is -0.343 e. The highest BCUT2D eigenvalue weighted by Gasteiger charge is 2.41. The van der Waals surface area contributed by atoms with Crippen molar-refractivity contribution in [2.24, 2.45) is 0 Å². The lowest BCUT2D eigenvalue weighted by Gasteiger charge is -2.33. The SMILES string of the molecule is C=CCN([OH2+])C(=O)CNC(C)(c1ccccc1)P(C)(=O)O. The first-order valence-electron chi connectivity index (χ1n) is 6.46. The Labute approximate surface area is 124 Å². The number of carbonyl (C=O) groups is 1. The molecule has 0 bridgehead atoms. The molecule has 116 valence electrons. The standard InChI is InChI=1S/C14H21N2O4P/c1-4-10-16(18)13(17)11-15-14(2,21(3,19)20)12-8-6-5-7-9-12/h4-9,15,18H,1,10-11H2,2-3H3,(H,19,20)/p+1. The van der Waals surface area contributed by atoms with Gasteiger partial charge in [0, 0.05) is 6.66 Å². The molecule has 6 nitrogen and oxygen atoms in total. The third kappa shape index (κ3) is 4.25. The van der Waals surface area contributed by atoms with Gasteiger partial charge in [0.05, 0.1) is 6.54 Å². The maximum absolute atomic E-state index is 12.3. The van der Waals surface area contributed by atoms with Crippen molar-refractivity contribution in [3.63, 3.8) is 0 Å². The van der Waals surface area contributed by atoms with Crippen LogP contribution in [0.25, 0.3) is 0 Å². The smallest absolute Gasteiger partial charge is 0.300 e. The first-order valence-corrected chi connectivity index (χ1v) is 8.56. The minimum absolute atomic E-state index is 0.103. The molecule has 1 amide bonds. The molecule has 4 N–H and O–H groups in total. The van der Waals surface area contributed by atoms with Crippen molar-refractivity contribution in [3.05, 3.63) is 48.6 Å². The summed E-state index contributed by atoms with van der Waals surface area (Å²) in [5.41, 5.74) is 0.617. The number of nitrogens with zero attached hydrogens (tertiary/aromatic N) is 1. The summed E-state index contributed by atoms with van der Waals surface area (Å²) in [6.07, 6.45) is 1.44. The summed E-state index contributed by atoms with van der Waals surface area (Å²) in [7, 11) is -3.57. The van der Waals surface area contributed by atoms with Crippen molar-refractivity contribution in [2.45, 2.75) is 12.2 Å². The molecule has 0 aliphatic rings. The van der Waals surface area contributed by atoms with Crippen LogP contribution in [0.15, 0.2) is 43.0 Å². The predicted octanol–water partition coefficient (Wildman–Crippen LogP) is 1.00. The van der Waals surface area contributed by atoms with Gasteiger partial charge in [0.15, 0.2) is 0 Å². The average Bonchev–Trinajstić information content (AvgIpc) is 2.44. The van der Waals surface area contributed by atoms with Crippen LogP contribution in [-0.4, -0.2) is 40.8 Å². The fourth-order valence-corrected chi connectivity index (χ4v) is 2.83. The van der Waals surface area contributed by atoms with Crippen LogP contribution in [-0.2, 0) is 14.6 Å². The second-order valence-corrected chi connectivity index (χ2v) is 7.62. The van der Waals surface area contributed by atoms with E-state index in [1.165, 1.54) is 12.7 Å². The van der Waals surface area contributed by atoms with Crippen molar-refractivity contribution in [3.8, 4) is 0 Å². The lowest BCUT2D eigenvalue weighted by molar-refractivity contribution is -0.161. The van der Waals surface area contributed by atoms with Gasteiger partial charge in [0.2, 0.25) is 7.37 Å². The molecule has 0 aliphatic carbocycles. The normalized spacial score (nSPS) is 16.6. The number of hydrogen-bond donors (Lipinski definition) is 2. The first kappa shape index (κ1) is 17.6. The van der Waals surface area contributed by atoms with E-state index >= 15 is 0 Å². The largest absolute Gasteiger partial charge is 0.343 e. The Kier molecular flexibility index (Phi) is 5.87. The van der Waals surface area contributed by atoms with Crippen LogP contribution < -0.4 is 5.32 Å². The van der Waals surface area contributed by atoms with Gasteiger partial charge in [-0.1, -0.05) is 36.4 Å². The van der Waals surface area contributed by atoms with Crippen molar-refractivity contribution in [1.82, 2.24) is 10.4 Å². The van der Waals surface area contributed by atoms with Crippen LogP contribution in [0.3, 0.4) is 0 Å². The first-order chi connectivity index (χ1) is 9.72. The van der Waals surface area contributed by atoms with Gasteiger partial charge in [-0.2, -0.15) is 0 Å². The molecule has 0 fully saturated rings. The summed E-state index contributed by atoms with van der Waals surface area (Å²) in [4.78, 5) is 21.8. The van der Waals surface area contributed by atoms with E-state index in [0.717, 1.165) is 5.06 Å². The molecule has 21 heavy (non-hydrogen) atoms. The summed E-state index contributed by atoms with van der Waals surface area (Å²) in [5.74, 6) is -0.495. The Morgan fingerprint density at radius 3 is 2.57 bits per heavy atom. The van der Waals surface area contributed by atoms with Gasteiger partial charge in [-0.3, -0.25) is 14.7 Å². The number of carbonyl (C=O) groups excluding carboxylic acids is 1. The molecular weight excluding hydrogens is 291 g/mol. The second kappa shape index (κ2) is 7.00. The summed E-state index contributed by atoms with van der Waals surface area (Å²) in [6.45, 7) is 6.19. The maximum atomic E-state index is 12.3. The Morgan fingerprint density at radius 2 is 2.10 bits per heavy atom. The summed E-state index contributed by atoms with van der Waals surface area (Å²) in [5, 5.41) is 9.82. The number of nitrogens with one attached hydrogen (secondary N) is 1. The van der Waals surface area contributed by atoms with Crippen LogP contribution >= 0.6 is 7.37 Å². The van der Waals surface area contributed by atoms with Crippen LogP contribution in [0, 0.1) is 0 Å². The number of rotatable bonds is 7. The fraction of sp³-hybridized carbons (Fsp3) is 0.357. The van der Waals surface area contributed by atoms with Crippen LogP contribution in [0.1, 0.15) is 12.5 Å². The van der Waals surface area contributed by atoms with Gasteiger partial charge in [-0.15, -0.1) is 11.6 Å². The molecule has 1 aromatic rings. The second-order valence-electron chi connectivity index (χ2n) is 4.96. The fourth-order valence-electron chi connectivity index (χ4n) is 1.83. The Balaban J connectivity index is 2.94. The molecule has 0 heterocycles. The monoisotopic (exact) mass is 313 g/mol. The third-order valence-electron chi connectivity index (χ3n) is 3.36. The molecule has 7 heteroatoms. The van der Waals surface area contributed by atoms with Crippen LogP contribution in [0.5, 0.6) is 0 Å². The molecular formula is C14H22N2O4P+. The zero-order valence-electron chi connectivity index (χ0n) is 12.2. The van der Waals surface area contributed by atoms with E-state index < -0.39 is 18.6 Å². The summed E-state index contributed by atoms with van der Waals surface area (Å²) < 4.78 is 12.3. The average molecular weight is 313 g/mol. The molecule has 0 saturated carbocycles.